The van der Waals surface area contributed by atoms with Gasteiger partial charge in [-0.05, 0) is 28.1 Å². The molecule has 0 fully saturated rings. The minimum absolute atomic E-state index is 0.106. The van der Waals surface area contributed by atoms with E-state index in [2.05, 4.69) is 21.2 Å². The summed E-state index contributed by atoms with van der Waals surface area (Å²) >= 11 is 3.30. The van der Waals surface area contributed by atoms with Crippen molar-refractivity contribution in [3.63, 3.8) is 0 Å². The maximum atomic E-state index is 10.3. The average molecular weight is 260 g/mol. The molecule has 0 heterocycles. The Kier molecular flexibility index (Phi) is 3.76. The summed E-state index contributed by atoms with van der Waals surface area (Å²) in [6.45, 7) is -0.106. The number of hydrogen-bond acceptors (Lipinski definition) is 3. The van der Waals surface area contributed by atoms with E-state index >= 15 is 0 Å². The molecule has 76 valence electrons. The summed E-state index contributed by atoms with van der Waals surface area (Å²) in [6, 6.07) is 5.30. The molecule has 1 aromatic carbocycles. The van der Waals surface area contributed by atoms with E-state index in [1.54, 1.807) is 25.3 Å². The van der Waals surface area contributed by atoms with Gasteiger partial charge in [-0.15, -0.1) is 0 Å². The first-order chi connectivity index (χ1) is 6.63. The fourth-order valence-electron chi connectivity index (χ4n) is 0.947. The van der Waals surface area contributed by atoms with Crippen LogP contribution < -0.4 is 10.1 Å². The van der Waals surface area contributed by atoms with Gasteiger partial charge in [-0.3, -0.25) is 4.79 Å². The molecule has 2 N–H and O–H groups in total. The molecule has 1 aromatic rings. The lowest BCUT2D eigenvalue weighted by Crippen LogP contribution is -2.12. The highest BCUT2D eigenvalue weighted by Crippen LogP contribution is 2.27. The number of nitrogens with one attached hydrogen (secondary N) is 1. The van der Waals surface area contributed by atoms with Crippen LogP contribution in [0.3, 0.4) is 0 Å². The van der Waals surface area contributed by atoms with Gasteiger partial charge in [0.2, 0.25) is 0 Å². The van der Waals surface area contributed by atoms with Gasteiger partial charge in [0.15, 0.2) is 0 Å². The number of halogens is 1. The molecule has 0 bridgehead atoms. The third kappa shape index (κ3) is 2.92. The van der Waals surface area contributed by atoms with Crippen molar-refractivity contribution in [2.75, 3.05) is 19.0 Å². The zero-order chi connectivity index (χ0) is 10.6. The molecule has 0 saturated carbocycles. The number of carboxylic acid groups (broad SMARTS) is 1. The summed E-state index contributed by atoms with van der Waals surface area (Å²) in [5.74, 6) is -0.229. The molecule has 0 aliphatic rings. The highest BCUT2D eigenvalue weighted by Gasteiger charge is 2.02. The van der Waals surface area contributed by atoms with Crippen LogP contribution in [-0.4, -0.2) is 24.7 Å². The van der Waals surface area contributed by atoms with Crippen molar-refractivity contribution in [2.45, 2.75) is 0 Å². The van der Waals surface area contributed by atoms with E-state index in [0.717, 1.165) is 4.47 Å². The van der Waals surface area contributed by atoms with Crippen LogP contribution >= 0.6 is 15.9 Å². The number of rotatable bonds is 4. The predicted molar refractivity (Wildman–Crippen MR) is 56.8 cm³/mol. The molecule has 0 radical (unpaired) electrons. The fraction of sp³-hybridized carbons (Fsp3) is 0.222. The van der Waals surface area contributed by atoms with Crippen LogP contribution in [0.4, 0.5) is 5.69 Å². The van der Waals surface area contributed by atoms with Gasteiger partial charge in [-0.1, -0.05) is 0 Å². The van der Waals surface area contributed by atoms with Crippen molar-refractivity contribution in [3.05, 3.63) is 22.7 Å². The van der Waals surface area contributed by atoms with Gasteiger partial charge in [0.1, 0.15) is 12.3 Å². The van der Waals surface area contributed by atoms with Crippen molar-refractivity contribution in [1.29, 1.82) is 0 Å². The lowest BCUT2D eigenvalue weighted by Gasteiger charge is -2.07. The highest BCUT2D eigenvalue weighted by molar-refractivity contribution is 9.10. The molecule has 0 aromatic heterocycles. The second-order valence-electron chi connectivity index (χ2n) is 2.60. The number of ether oxygens (including phenoxy) is 1. The van der Waals surface area contributed by atoms with Crippen LogP contribution in [0.25, 0.3) is 0 Å². The Morgan fingerprint density at radius 3 is 2.93 bits per heavy atom. The van der Waals surface area contributed by atoms with Crippen LogP contribution in [0.15, 0.2) is 22.7 Å². The summed E-state index contributed by atoms with van der Waals surface area (Å²) in [6.07, 6.45) is 0. The summed E-state index contributed by atoms with van der Waals surface area (Å²) in [4.78, 5) is 10.3. The van der Waals surface area contributed by atoms with Gasteiger partial charge in [0, 0.05) is 11.8 Å². The SMILES string of the molecule is COc1cc(NCC(=O)O)ccc1Br. The lowest BCUT2D eigenvalue weighted by molar-refractivity contribution is -0.134. The molecule has 4 nitrogen and oxygen atoms in total. The molecular weight excluding hydrogens is 250 g/mol. The summed E-state index contributed by atoms with van der Waals surface area (Å²) < 4.78 is 5.89. The Labute approximate surface area is 90.0 Å². The van der Waals surface area contributed by atoms with E-state index in [1.165, 1.54) is 0 Å². The van der Waals surface area contributed by atoms with Crippen LogP contribution in [0.1, 0.15) is 0 Å². The summed E-state index contributed by atoms with van der Waals surface area (Å²) in [7, 11) is 1.56. The first-order valence-corrected chi connectivity index (χ1v) is 4.72. The second-order valence-corrected chi connectivity index (χ2v) is 3.45. The van der Waals surface area contributed by atoms with E-state index in [1.807, 2.05) is 0 Å². The third-order valence-corrected chi connectivity index (χ3v) is 2.25. The van der Waals surface area contributed by atoms with Gasteiger partial charge < -0.3 is 15.2 Å². The molecule has 0 unspecified atom stereocenters. The van der Waals surface area contributed by atoms with Crippen molar-refractivity contribution in [1.82, 2.24) is 0 Å². The molecule has 0 amide bonds. The van der Waals surface area contributed by atoms with E-state index in [-0.39, 0.29) is 6.54 Å². The first kappa shape index (κ1) is 10.8. The van der Waals surface area contributed by atoms with Crippen molar-refractivity contribution >= 4 is 27.6 Å². The molecule has 0 atom stereocenters. The number of hydrogen-bond donors (Lipinski definition) is 2. The number of benzene rings is 1. The number of carbonyl (C=O) groups is 1. The van der Waals surface area contributed by atoms with Gasteiger partial charge in [-0.25, -0.2) is 0 Å². The standard InChI is InChI=1S/C9H10BrNO3/c1-14-8-4-6(2-3-7(8)10)11-5-9(12)13/h2-4,11H,5H2,1H3,(H,12,13). The van der Waals surface area contributed by atoms with Crippen LogP contribution in [0.2, 0.25) is 0 Å². The zero-order valence-corrected chi connectivity index (χ0v) is 9.17. The van der Waals surface area contributed by atoms with E-state index in [0.29, 0.717) is 11.4 Å². The molecule has 5 heteroatoms. The molecule has 0 aliphatic carbocycles. The zero-order valence-electron chi connectivity index (χ0n) is 7.58. The molecule has 0 aliphatic heterocycles. The van der Waals surface area contributed by atoms with Gasteiger partial charge in [0.05, 0.1) is 11.6 Å². The topological polar surface area (TPSA) is 58.6 Å². The molecule has 1 rings (SSSR count). The number of carboxylic acids is 1. The van der Waals surface area contributed by atoms with E-state index in [4.69, 9.17) is 9.84 Å². The molecule has 0 spiro atoms. The van der Waals surface area contributed by atoms with Gasteiger partial charge in [-0.2, -0.15) is 0 Å². The number of methoxy groups -OCH3 is 1. The normalized spacial score (nSPS) is 9.57. The minimum atomic E-state index is -0.896. The Bertz CT molecular complexity index is 341. The Morgan fingerprint density at radius 2 is 2.36 bits per heavy atom. The third-order valence-electron chi connectivity index (χ3n) is 1.59. The monoisotopic (exact) mass is 259 g/mol. The lowest BCUT2D eigenvalue weighted by atomic mass is 10.3. The predicted octanol–water partition coefficient (Wildman–Crippen LogP) is 1.95. The van der Waals surface area contributed by atoms with E-state index < -0.39 is 5.97 Å². The molecule has 0 saturated heterocycles. The number of anilines is 1. The molecular formula is C9H10BrNO3. The van der Waals surface area contributed by atoms with Crippen LogP contribution in [0.5, 0.6) is 5.75 Å². The van der Waals surface area contributed by atoms with Crippen molar-refractivity contribution < 1.29 is 14.6 Å². The maximum absolute atomic E-state index is 10.3. The highest BCUT2D eigenvalue weighted by atomic mass is 79.9. The average Bonchev–Trinajstić information content (AvgIpc) is 2.16. The van der Waals surface area contributed by atoms with Crippen molar-refractivity contribution in [2.24, 2.45) is 0 Å². The number of aliphatic carboxylic acids is 1. The Morgan fingerprint density at radius 1 is 1.64 bits per heavy atom. The Balaban J connectivity index is 2.74. The molecule has 14 heavy (non-hydrogen) atoms. The van der Waals surface area contributed by atoms with Crippen molar-refractivity contribution in [3.8, 4) is 5.75 Å². The largest absolute Gasteiger partial charge is 0.495 e. The summed E-state index contributed by atoms with van der Waals surface area (Å²) in [5.41, 5.74) is 0.715. The van der Waals surface area contributed by atoms with Gasteiger partial charge in [0.25, 0.3) is 0 Å². The first-order valence-electron chi connectivity index (χ1n) is 3.92. The summed E-state index contributed by atoms with van der Waals surface area (Å²) in [5, 5.41) is 11.2. The van der Waals surface area contributed by atoms with E-state index in [9.17, 15) is 4.79 Å². The smallest absolute Gasteiger partial charge is 0.322 e. The van der Waals surface area contributed by atoms with Gasteiger partial charge >= 0.3 is 5.97 Å². The second kappa shape index (κ2) is 4.85. The Hall–Kier alpha value is -1.23. The van der Waals surface area contributed by atoms with Crippen LogP contribution in [-0.2, 0) is 4.79 Å². The maximum Gasteiger partial charge on any atom is 0.322 e. The quantitative estimate of drug-likeness (QED) is 0.868. The fourth-order valence-corrected chi connectivity index (χ4v) is 1.36. The minimum Gasteiger partial charge on any atom is -0.495 e. The van der Waals surface area contributed by atoms with Crippen LogP contribution in [0, 0.1) is 0 Å².